The van der Waals surface area contributed by atoms with Crippen molar-refractivity contribution in [3.8, 4) is 11.3 Å². The fourth-order valence-corrected chi connectivity index (χ4v) is 4.29. The maximum Gasteiger partial charge on any atom is 0.229 e. The number of fused-ring (bicyclic) bond motifs is 1. The molecule has 2 fully saturated rings. The predicted molar refractivity (Wildman–Crippen MR) is 107 cm³/mol. The Balaban J connectivity index is 1.69. The van der Waals surface area contributed by atoms with Crippen molar-refractivity contribution in [1.82, 2.24) is 14.5 Å². The standard InChI is InChI=1S/C21H24FN5/c1-25-18(15-6-8-16(22)9-7-15)14-17-19(25)23-21(27-12-4-5-13-27)24-20(17)26-10-2-3-11-26/h6-9,14H,2-5,10-13H2,1H3. The molecule has 0 aliphatic carbocycles. The number of hydrogen-bond donors (Lipinski definition) is 0. The van der Waals surface area contributed by atoms with E-state index in [9.17, 15) is 4.39 Å². The van der Waals surface area contributed by atoms with Gasteiger partial charge in [-0.05, 0) is 61.6 Å². The highest BCUT2D eigenvalue weighted by Gasteiger charge is 2.24. The number of aromatic nitrogens is 3. The van der Waals surface area contributed by atoms with Crippen LogP contribution in [0.3, 0.4) is 0 Å². The molecule has 0 saturated carbocycles. The molecule has 140 valence electrons. The minimum absolute atomic E-state index is 0.216. The Kier molecular flexibility index (Phi) is 3.99. The Morgan fingerprint density at radius 3 is 2.15 bits per heavy atom. The van der Waals surface area contributed by atoms with E-state index in [4.69, 9.17) is 9.97 Å². The van der Waals surface area contributed by atoms with Gasteiger partial charge in [-0.2, -0.15) is 9.97 Å². The van der Waals surface area contributed by atoms with Crippen molar-refractivity contribution in [2.75, 3.05) is 36.0 Å². The molecule has 2 aliphatic rings. The molecular formula is C21H24FN5. The van der Waals surface area contributed by atoms with Crippen LogP contribution in [-0.4, -0.2) is 40.7 Å². The fraction of sp³-hybridized carbons (Fsp3) is 0.429. The molecule has 2 aliphatic heterocycles. The first-order valence-corrected chi connectivity index (χ1v) is 9.84. The van der Waals surface area contributed by atoms with Gasteiger partial charge in [0.1, 0.15) is 17.3 Å². The normalized spacial score (nSPS) is 17.4. The van der Waals surface area contributed by atoms with Crippen molar-refractivity contribution >= 4 is 22.8 Å². The van der Waals surface area contributed by atoms with Crippen LogP contribution in [0.25, 0.3) is 22.3 Å². The first kappa shape index (κ1) is 16.5. The van der Waals surface area contributed by atoms with Crippen LogP contribution in [0.5, 0.6) is 0 Å². The SMILES string of the molecule is Cn1c(-c2ccc(F)cc2)cc2c(N3CCCC3)nc(N3CCCC3)nc21. The molecule has 1 aromatic carbocycles. The molecule has 5 rings (SSSR count). The van der Waals surface area contributed by atoms with E-state index in [0.717, 1.165) is 60.2 Å². The lowest BCUT2D eigenvalue weighted by Crippen LogP contribution is -2.24. The van der Waals surface area contributed by atoms with Crippen molar-refractivity contribution < 1.29 is 4.39 Å². The second kappa shape index (κ2) is 6.51. The first-order valence-electron chi connectivity index (χ1n) is 9.84. The number of aryl methyl sites for hydroxylation is 1. The van der Waals surface area contributed by atoms with E-state index >= 15 is 0 Å². The molecule has 0 atom stereocenters. The maximum absolute atomic E-state index is 13.4. The van der Waals surface area contributed by atoms with E-state index in [1.807, 2.05) is 19.2 Å². The summed E-state index contributed by atoms with van der Waals surface area (Å²) >= 11 is 0. The minimum atomic E-state index is -0.216. The summed E-state index contributed by atoms with van der Waals surface area (Å²) in [6, 6.07) is 8.83. The molecule has 2 saturated heterocycles. The van der Waals surface area contributed by atoms with E-state index < -0.39 is 0 Å². The molecule has 0 unspecified atom stereocenters. The second-order valence-corrected chi connectivity index (χ2v) is 7.57. The Hall–Kier alpha value is -2.63. The average molecular weight is 365 g/mol. The Bertz CT molecular complexity index is 966. The fourth-order valence-electron chi connectivity index (χ4n) is 4.29. The molecule has 2 aromatic heterocycles. The van der Waals surface area contributed by atoms with Crippen LogP contribution < -0.4 is 9.80 Å². The summed E-state index contributed by atoms with van der Waals surface area (Å²) in [6.07, 6.45) is 4.83. The molecule has 6 heteroatoms. The van der Waals surface area contributed by atoms with Gasteiger partial charge in [-0.3, -0.25) is 0 Å². The largest absolute Gasteiger partial charge is 0.356 e. The summed E-state index contributed by atoms with van der Waals surface area (Å²) in [4.78, 5) is 14.6. The zero-order valence-corrected chi connectivity index (χ0v) is 15.7. The van der Waals surface area contributed by atoms with Crippen LogP contribution in [0.2, 0.25) is 0 Å². The van der Waals surface area contributed by atoms with Crippen molar-refractivity contribution in [3.63, 3.8) is 0 Å². The van der Waals surface area contributed by atoms with Gasteiger partial charge in [0.2, 0.25) is 5.95 Å². The van der Waals surface area contributed by atoms with Crippen LogP contribution in [0, 0.1) is 5.82 Å². The molecule has 5 nitrogen and oxygen atoms in total. The molecular weight excluding hydrogens is 341 g/mol. The van der Waals surface area contributed by atoms with Crippen molar-refractivity contribution in [2.24, 2.45) is 7.05 Å². The van der Waals surface area contributed by atoms with E-state index in [1.54, 1.807) is 0 Å². The molecule has 0 amide bonds. The average Bonchev–Trinajstić information content (AvgIpc) is 3.44. The van der Waals surface area contributed by atoms with E-state index in [-0.39, 0.29) is 5.82 Å². The summed E-state index contributed by atoms with van der Waals surface area (Å²) in [5.74, 6) is 1.67. The minimum Gasteiger partial charge on any atom is -0.356 e. The van der Waals surface area contributed by atoms with Gasteiger partial charge < -0.3 is 14.4 Å². The summed E-state index contributed by atoms with van der Waals surface area (Å²) in [7, 11) is 2.04. The maximum atomic E-state index is 13.4. The molecule has 0 radical (unpaired) electrons. The van der Waals surface area contributed by atoms with Crippen LogP contribution in [0.1, 0.15) is 25.7 Å². The third kappa shape index (κ3) is 2.83. The molecule has 27 heavy (non-hydrogen) atoms. The van der Waals surface area contributed by atoms with Crippen LogP contribution >= 0.6 is 0 Å². The smallest absolute Gasteiger partial charge is 0.229 e. The Morgan fingerprint density at radius 2 is 1.48 bits per heavy atom. The third-order valence-electron chi connectivity index (χ3n) is 5.79. The van der Waals surface area contributed by atoms with Gasteiger partial charge >= 0.3 is 0 Å². The summed E-state index contributed by atoms with van der Waals surface area (Å²) in [5, 5.41) is 1.08. The Labute approximate surface area is 158 Å². The van der Waals surface area contributed by atoms with Gasteiger partial charge in [-0.1, -0.05) is 0 Å². The molecule has 4 heterocycles. The summed E-state index contributed by atoms with van der Waals surface area (Å²) in [5.41, 5.74) is 2.98. The summed E-state index contributed by atoms with van der Waals surface area (Å²) < 4.78 is 15.5. The van der Waals surface area contributed by atoms with Gasteiger partial charge in [0.15, 0.2) is 0 Å². The molecule has 0 N–H and O–H groups in total. The number of hydrogen-bond acceptors (Lipinski definition) is 4. The monoisotopic (exact) mass is 365 g/mol. The molecule has 0 spiro atoms. The van der Waals surface area contributed by atoms with Crippen molar-refractivity contribution in [2.45, 2.75) is 25.7 Å². The number of rotatable bonds is 3. The zero-order chi connectivity index (χ0) is 18.4. The van der Waals surface area contributed by atoms with E-state index in [2.05, 4.69) is 20.4 Å². The highest BCUT2D eigenvalue weighted by molar-refractivity contribution is 5.94. The molecule has 0 bridgehead atoms. The van der Waals surface area contributed by atoms with Crippen molar-refractivity contribution in [3.05, 3.63) is 36.1 Å². The highest BCUT2D eigenvalue weighted by atomic mass is 19.1. The van der Waals surface area contributed by atoms with Gasteiger partial charge in [-0.25, -0.2) is 4.39 Å². The lowest BCUT2D eigenvalue weighted by molar-refractivity contribution is 0.628. The topological polar surface area (TPSA) is 37.2 Å². The van der Waals surface area contributed by atoms with Gasteiger partial charge in [0.05, 0.1) is 11.1 Å². The second-order valence-electron chi connectivity index (χ2n) is 7.57. The number of benzene rings is 1. The van der Waals surface area contributed by atoms with Crippen LogP contribution in [-0.2, 0) is 7.05 Å². The predicted octanol–water partition coefficient (Wildman–Crippen LogP) is 3.97. The lowest BCUT2D eigenvalue weighted by atomic mass is 10.1. The number of halogens is 1. The third-order valence-corrected chi connectivity index (χ3v) is 5.79. The van der Waals surface area contributed by atoms with Crippen molar-refractivity contribution in [1.29, 1.82) is 0 Å². The van der Waals surface area contributed by atoms with Gasteiger partial charge in [0.25, 0.3) is 0 Å². The zero-order valence-electron chi connectivity index (χ0n) is 15.7. The van der Waals surface area contributed by atoms with Gasteiger partial charge in [-0.15, -0.1) is 0 Å². The van der Waals surface area contributed by atoms with E-state index in [0.29, 0.717) is 0 Å². The van der Waals surface area contributed by atoms with Crippen LogP contribution in [0.15, 0.2) is 30.3 Å². The number of anilines is 2. The van der Waals surface area contributed by atoms with Crippen LogP contribution in [0.4, 0.5) is 16.2 Å². The summed E-state index contributed by atoms with van der Waals surface area (Å²) in [6.45, 7) is 4.15. The quantitative estimate of drug-likeness (QED) is 0.704. The molecule has 3 aromatic rings. The van der Waals surface area contributed by atoms with Gasteiger partial charge in [0, 0.05) is 33.2 Å². The Morgan fingerprint density at radius 1 is 0.852 bits per heavy atom. The van der Waals surface area contributed by atoms with E-state index in [1.165, 1.54) is 37.8 Å². The highest BCUT2D eigenvalue weighted by Crippen LogP contribution is 2.35. The first-order chi connectivity index (χ1) is 13.2. The lowest BCUT2D eigenvalue weighted by Gasteiger charge is -2.21. The number of nitrogens with zero attached hydrogens (tertiary/aromatic N) is 5.